The highest BCUT2D eigenvalue weighted by molar-refractivity contribution is 8.33. The number of hydrogen-bond donors (Lipinski definition) is 0. The van der Waals surface area contributed by atoms with E-state index in [1.807, 2.05) is 0 Å². The average molecular weight is 699 g/mol. The third-order valence-corrected chi connectivity index (χ3v) is 13.7. The number of nitrogens with zero attached hydrogens (tertiary/aromatic N) is 4. The van der Waals surface area contributed by atoms with Crippen molar-refractivity contribution in [3.05, 3.63) is 170 Å². The monoisotopic (exact) mass is 698 g/mol. The highest BCUT2D eigenvalue weighted by atomic mass is 32.3. The minimum Gasteiger partial charge on any atom is -0.309 e. The van der Waals surface area contributed by atoms with Crippen LogP contribution in [0.5, 0.6) is 0 Å². The number of fused-ring (bicyclic) bond motifs is 9. The molecule has 4 heterocycles. The van der Waals surface area contributed by atoms with Gasteiger partial charge in [0.1, 0.15) is 0 Å². The van der Waals surface area contributed by atoms with Crippen LogP contribution in [0.15, 0.2) is 180 Å². The van der Waals surface area contributed by atoms with Gasteiger partial charge in [0, 0.05) is 54.5 Å². The van der Waals surface area contributed by atoms with E-state index in [2.05, 4.69) is 192 Å². The molecule has 0 saturated heterocycles. The maximum Gasteiger partial charge on any atom is 0.161 e. The third-order valence-electron chi connectivity index (χ3n) is 11.0. The van der Waals surface area contributed by atoms with E-state index in [4.69, 9.17) is 9.97 Å². The fraction of sp³-hybridized carbons (Fsp3) is 0.0417. The zero-order valence-corrected chi connectivity index (χ0v) is 30.2. The lowest BCUT2D eigenvalue weighted by atomic mass is 10.00. The number of benzene rings is 7. The molecule has 0 spiro atoms. The van der Waals surface area contributed by atoms with Crippen molar-refractivity contribution in [3.8, 4) is 45.1 Å². The van der Waals surface area contributed by atoms with Crippen LogP contribution in [0.4, 0.5) is 0 Å². The maximum atomic E-state index is 5.49. The molecule has 10 aromatic rings. The summed E-state index contributed by atoms with van der Waals surface area (Å²) in [6.07, 6.45) is 4.75. The Labute approximate surface area is 309 Å². The van der Waals surface area contributed by atoms with Gasteiger partial charge in [-0.15, -0.1) is 0 Å². The minimum absolute atomic E-state index is 0.755. The van der Waals surface area contributed by atoms with Crippen LogP contribution in [0.25, 0.3) is 88.8 Å². The summed E-state index contributed by atoms with van der Waals surface area (Å²) >= 11 is 0. The average Bonchev–Trinajstić information content (AvgIpc) is 3.81. The van der Waals surface area contributed by atoms with Crippen molar-refractivity contribution in [3.63, 3.8) is 0 Å². The second-order valence-corrected chi connectivity index (χ2v) is 17.7. The largest absolute Gasteiger partial charge is 0.309 e. The van der Waals surface area contributed by atoms with E-state index < -0.39 is 10.0 Å². The van der Waals surface area contributed by atoms with Gasteiger partial charge in [0.05, 0.1) is 32.8 Å². The molecule has 1 aliphatic rings. The van der Waals surface area contributed by atoms with E-state index in [1.165, 1.54) is 48.6 Å². The van der Waals surface area contributed by atoms with Crippen molar-refractivity contribution in [1.29, 1.82) is 0 Å². The van der Waals surface area contributed by atoms with Crippen LogP contribution in [0.1, 0.15) is 0 Å². The second kappa shape index (κ2) is 11.3. The summed E-state index contributed by atoms with van der Waals surface area (Å²) in [4.78, 5) is 12.3. The smallest absolute Gasteiger partial charge is 0.161 e. The number of rotatable bonds is 4. The third kappa shape index (κ3) is 4.38. The lowest BCUT2D eigenvalue weighted by molar-refractivity contribution is 1.07. The van der Waals surface area contributed by atoms with Gasteiger partial charge in [-0.1, -0.05) is 115 Å². The quantitative estimate of drug-likeness (QED) is 0.172. The van der Waals surface area contributed by atoms with Crippen LogP contribution in [0.2, 0.25) is 0 Å². The Morgan fingerprint density at radius 1 is 0.434 bits per heavy atom. The van der Waals surface area contributed by atoms with Crippen molar-refractivity contribution in [2.75, 3.05) is 12.5 Å². The van der Waals surface area contributed by atoms with Gasteiger partial charge in [-0.25, -0.2) is 9.97 Å². The van der Waals surface area contributed by atoms with E-state index in [1.54, 1.807) is 0 Å². The molecule has 0 N–H and O–H groups in total. The minimum atomic E-state index is -1.39. The molecule has 1 aliphatic heterocycles. The molecule has 0 fully saturated rings. The van der Waals surface area contributed by atoms with E-state index in [0.29, 0.717) is 0 Å². The van der Waals surface area contributed by atoms with Crippen LogP contribution in [-0.2, 0) is 0 Å². The first-order chi connectivity index (χ1) is 26.1. The van der Waals surface area contributed by atoms with Crippen molar-refractivity contribution in [2.24, 2.45) is 0 Å². The van der Waals surface area contributed by atoms with Crippen molar-refractivity contribution in [1.82, 2.24) is 19.1 Å². The van der Waals surface area contributed by atoms with Crippen LogP contribution < -0.4 is 0 Å². The summed E-state index contributed by atoms with van der Waals surface area (Å²) in [6, 6.07) is 61.1. The van der Waals surface area contributed by atoms with Crippen LogP contribution >= 0.6 is 10.0 Å². The molecule has 53 heavy (non-hydrogen) atoms. The summed E-state index contributed by atoms with van der Waals surface area (Å²) in [5.41, 5.74) is 12.5. The number of para-hydroxylation sites is 4. The van der Waals surface area contributed by atoms with Gasteiger partial charge >= 0.3 is 0 Å². The summed E-state index contributed by atoms with van der Waals surface area (Å²) in [5.74, 6) is 0.755. The summed E-state index contributed by atoms with van der Waals surface area (Å²) < 4.78 is 4.73. The van der Waals surface area contributed by atoms with Gasteiger partial charge in [0.25, 0.3) is 0 Å². The molecule has 0 radical (unpaired) electrons. The summed E-state index contributed by atoms with van der Waals surface area (Å²) in [5, 5.41) is 6.12. The Bertz CT molecular complexity index is 3030. The first-order valence-corrected chi connectivity index (χ1v) is 20.4. The molecule has 11 rings (SSSR count). The molecular weight excluding hydrogens is 665 g/mol. The molecule has 0 saturated carbocycles. The molecule has 3 aromatic heterocycles. The van der Waals surface area contributed by atoms with Crippen molar-refractivity contribution >= 4 is 53.6 Å². The fourth-order valence-electron chi connectivity index (χ4n) is 8.55. The maximum absolute atomic E-state index is 5.49. The van der Waals surface area contributed by atoms with E-state index in [-0.39, 0.29) is 0 Å². The van der Waals surface area contributed by atoms with Crippen LogP contribution in [0, 0.1) is 0 Å². The normalized spacial score (nSPS) is 13.8. The van der Waals surface area contributed by atoms with Crippen LogP contribution in [-0.4, -0.2) is 31.6 Å². The van der Waals surface area contributed by atoms with E-state index >= 15 is 0 Å². The molecule has 0 atom stereocenters. The van der Waals surface area contributed by atoms with Crippen molar-refractivity contribution < 1.29 is 0 Å². The van der Waals surface area contributed by atoms with Gasteiger partial charge in [0.15, 0.2) is 5.82 Å². The Morgan fingerprint density at radius 3 is 1.60 bits per heavy atom. The van der Waals surface area contributed by atoms with Gasteiger partial charge < -0.3 is 9.13 Å². The van der Waals surface area contributed by atoms with Crippen LogP contribution in [0.3, 0.4) is 0 Å². The highest BCUT2D eigenvalue weighted by Crippen LogP contribution is 2.67. The molecule has 252 valence electrons. The molecular formula is C48H34N4S. The number of aromatic nitrogens is 4. The fourth-order valence-corrected chi connectivity index (χ4v) is 10.9. The number of hydrogen-bond acceptors (Lipinski definition) is 2. The SMILES string of the molecule is CS1(C)c2ccccc2-c2c(-c3ccc(-n4c5ccccc5c5ccccc54)cc3)nc(-c3ccc4c5ccccc5n(-c5ccccc5)c4c3)nc21. The zero-order chi connectivity index (χ0) is 35.3. The molecule has 4 nitrogen and oxygen atoms in total. The Hall–Kier alpha value is -6.43. The zero-order valence-electron chi connectivity index (χ0n) is 29.4. The molecule has 7 aromatic carbocycles. The topological polar surface area (TPSA) is 35.6 Å². The Kier molecular flexibility index (Phi) is 6.43. The van der Waals surface area contributed by atoms with E-state index in [0.717, 1.165) is 50.1 Å². The van der Waals surface area contributed by atoms with E-state index in [9.17, 15) is 0 Å². The Morgan fingerprint density at radius 2 is 0.943 bits per heavy atom. The van der Waals surface area contributed by atoms with Crippen molar-refractivity contribution in [2.45, 2.75) is 9.92 Å². The predicted molar refractivity (Wildman–Crippen MR) is 223 cm³/mol. The molecule has 0 unspecified atom stereocenters. The summed E-state index contributed by atoms with van der Waals surface area (Å²) in [6.45, 7) is 0. The predicted octanol–water partition coefficient (Wildman–Crippen LogP) is 12.5. The highest BCUT2D eigenvalue weighted by Gasteiger charge is 2.36. The van der Waals surface area contributed by atoms with Gasteiger partial charge in [-0.05, 0) is 72.7 Å². The Balaban J connectivity index is 1.13. The first kappa shape index (κ1) is 30.2. The first-order valence-electron chi connectivity index (χ1n) is 18.0. The molecule has 5 heteroatoms. The van der Waals surface area contributed by atoms with Gasteiger partial charge in [0.2, 0.25) is 0 Å². The second-order valence-electron chi connectivity index (χ2n) is 14.2. The van der Waals surface area contributed by atoms with Gasteiger partial charge in [-0.3, -0.25) is 0 Å². The molecule has 0 aliphatic carbocycles. The lowest BCUT2D eigenvalue weighted by Gasteiger charge is -2.27. The van der Waals surface area contributed by atoms with Gasteiger partial charge in [-0.2, -0.15) is 10.0 Å². The standard InChI is InChI=1S/C48H34N4S/c1-53(2)44-23-13-9-19-39(44)45-46(31-24-27-34(28-25-31)51-40-20-10-6-16-35(40)36-17-7-11-21-41(36)51)49-47(50-48(45)53)32-26-29-38-37-18-8-12-22-42(37)52(43(38)30-32)33-14-4-3-5-15-33/h3-30H,1-2H3. The summed E-state index contributed by atoms with van der Waals surface area (Å²) in [7, 11) is -1.39. The lowest BCUT2D eigenvalue weighted by Crippen LogP contribution is -2.02. The molecule has 0 amide bonds. The molecule has 0 bridgehead atoms.